The molecule has 1 atom stereocenters. The fourth-order valence-corrected chi connectivity index (χ4v) is 1.99. The topological polar surface area (TPSA) is 50.2 Å². The van der Waals surface area contributed by atoms with E-state index in [4.69, 9.17) is 0 Å². The lowest BCUT2D eigenvalue weighted by molar-refractivity contribution is 0.499. The summed E-state index contributed by atoms with van der Waals surface area (Å²) in [5, 5.41) is 0. The third kappa shape index (κ3) is 2.18. The molecule has 6 heteroatoms. The van der Waals surface area contributed by atoms with Crippen molar-refractivity contribution in [2.24, 2.45) is 9.98 Å². The van der Waals surface area contributed by atoms with Crippen LogP contribution in [0.15, 0.2) is 28.4 Å². The van der Waals surface area contributed by atoms with Crippen molar-refractivity contribution in [3.63, 3.8) is 0 Å². The number of H-pyrrole nitrogens is 1. The Morgan fingerprint density at radius 3 is 2.44 bits per heavy atom. The van der Waals surface area contributed by atoms with Gasteiger partial charge < -0.3 is 14.8 Å². The Morgan fingerprint density at radius 2 is 1.89 bits per heavy atom. The van der Waals surface area contributed by atoms with Gasteiger partial charge in [0.15, 0.2) is 0 Å². The number of nitrogens with zero attached hydrogens (tertiary/aromatic N) is 5. The maximum atomic E-state index is 4.59. The number of aliphatic imine (C=N–C) groups is 2. The smallest absolute Gasteiger partial charge is 0.209 e. The Labute approximate surface area is 108 Å². The molecule has 0 amide bonds. The van der Waals surface area contributed by atoms with E-state index in [0.29, 0.717) is 0 Å². The van der Waals surface area contributed by atoms with Gasteiger partial charge in [0.25, 0.3) is 0 Å². The van der Waals surface area contributed by atoms with Gasteiger partial charge in [-0.1, -0.05) is 0 Å². The summed E-state index contributed by atoms with van der Waals surface area (Å²) < 4.78 is 0. The van der Waals surface area contributed by atoms with Crippen molar-refractivity contribution < 1.29 is 0 Å². The van der Waals surface area contributed by atoms with E-state index in [2.05, 4.69) is 15.0 Å². The molecular formula is C12H20N6. The normalized spacial score (nSPS) is 19.4. The van der Waals surface area contributed by atoms with Crippen molar-refractivity contribution >= 4 is 17.6 Å². The third-order valence-corrected chi connectivity index (χ3v) is 2.87. The number of aromatic nitrogens is 1. The van der Waals surface area contributed by atoms with Crippen LogP contribution in [0.1, 0.15) is 6.92 Å². The van der Waals surface area contributed by atoms with Gasteiger partial charge in [-0.2, -0.15) is 0 Å². The average Bonchev–Trinajstić information content (AvgIpc) is 2.84. The Balaban J connectivity index is 2.28. The molecule has 0 saturated heterocycles. The molecule has 6 nitrogen and oxygen atoms in total. The molecule has 1 aromatic rings. The van der Waals surface area contributed by atoms with E-state index in [-0.39, 0.29) is 6.17 Å². The Morgan fingerprint density at radius 1 is 1.22 bits per heavy atom. The van der Waals surface area contributed by atoms with E-state index in [1.807, 2.05) is 68.3 Å². The van der Waals surface area contributed by atoms with Gasteiger partial charge in [-0.25, -0.2) is 9.98 Å². The largest absolute Gasteiger partial charge is 0.366 e. The van der Waals surface area contributed by atoms with E-state index in [9.17, 15) is 0 Å². The predicted molar refractivity (Wildman–Crippen MR) is 75.0 cm³/mol. The first kappa shape index (κ1) is 12.5. The molecule has 1 aliphatic heterocycles. The molecule has 1 unspecified atom stereocenters. The average molecular weight is 248 g/mol. The lowest BCUT2D eigenvalue weighted by Crippen LogP contribution is -2.51. The van der Waals surface area contributed by atoms with Crippen LogP contribution < -0.4 is 4.90 Å². The van der Waals surface area contributed by atoms with Crippen LogP contribution in [0.5, 0.6) is 0 Å². The first-order chi connectivity index (χ1) is 8.50. The van der Waals surface area contributed by atoms with Gasteiger partial charge in [-0.15, -0.1) is 0 Å². The van der Waals surface area contributed by atoms with Crippen molar-refractivity contribution in [1.29, 1.82) is 0 Å². The van der Waals surface area contributed by atoms with Crippen LogP contribution in [-0.4, -0.2) is 61.1 Å². The van der Waals surface area contributed by atoms with Crippen molar-refractivity contribution in [1.82, 2.24) is 14.8 Å². The molecule has 0 fully saturated rings. The van der Waals surface area contributed by atoms with Gasteiger partial charge in [-0.3, -0.25) is 4.90 Å². The minimum atomic E-state index is -0.0602. The summed E-state index contributed by atoms with van der Waals surface area (Å²) in [6.45, 7) is 1.99. The van der Waals surface area contributed by atoms with E-state index in [1.54, 1.807) is 0 Å². The minimum absolute atomic E-state index is 0.0602. The van der Waals surface area contributed by atoms with E-state index in [0.717, 1.165) is 17.6 Å². The summed E-state index contributed by atoms with van der Waals surface area (Å²) in [7, 11) is 7.96. The molecule has 1 N–H and O–H groups in total. The number of anilines is 1. The summed E-state index contributed by atoms with van der Waals surface area (Å²) in [4.78, 5) is 18.2. The molecule has 98 valence electrons. The first-order valence-corrected chi connectivity index (χ1v) is 5.94. The summed E-state index contributed by atoms with van der Waals surface area (Å²) in [6.07, 6.45) is 3.79. The Kier molecular flexibility index (Phi) is 3.27. The third-order valence-electron chi connectivity index (χ3n) is 2.87. The van der Waals surface area contributed by atoms with E-state index < -0.39 is 0 Å². The summed E-state index contributed by atoms with van der Waals surface area (Å²) in [5.41, 5.74) is 1.08. The highest BCUT2D eigenvalue weighted by atomic mass is 15.5. The van der Waals surface area contributed by atoms with Crippen molar-refractivity contribution in [2.45, 2.75) is 13.1 Å². The van der Waals surface area contributed by atoms with Gasteiger partial charge in [-0.05, 0) is 13.0 Å². The highest BCUT2D eigenvalue weighted by Crippen LogP contribution is 2.16. The lowest BCUT2D eigenvalue weighted by Gasteiger charge is -2.35. The van der Waals surface area contributed by atoms with Crippen LogP contribution >= 0.6 is 0 Å². The molecular weight excluding hydrogens is 228 g/mol. The second kappa shape index (κ2) is 4.72. The molecule has 0 spiro atoms. The molecule has 0 aromatic carbocycles. The SMILES string of the molecule is CC1N=C(N(C)C)N(C)C(N(C)c2cc[nH]c2)=N1. The highest BCUT2D eigenvalue weighted by molar-refractivity contribution is 6.07. The maximum Gasteiger partial charge on any atom is 0.209 e. The Hall–Kier alpha value is -1.98. The van der Waals surface area contributed by atoms with Crippen LogP contribution in [0.2, 0.25) is 0 Å². The Bertz CT molecular complexity index is 459. The van der Waals surface area contributed by atoms with Gasteiger partial charge in [0.1, 0.15) is 6.17 Å². The van der Waals surface area contributed by atoms with Gasteiger partial charge in [0, 0.05) is 40.6 Å². The van der Waals surface area contributed by atoms with Crippen molar-refractivity contribution in [2.75, 3.05) is 33.1 Å². The number of aromatic amines is 1. The van der Waals surface area contributed by atoms with Crippen LogP contribution in [0.3, 0.4) is 0 Å². The number of guanidine groups is 2. The van der Waals surface area contributed by atoms with Crippen LogP contribution in [-0.2, 0) is 0 Å². The molecule has 0 saturated carbocycles. The molecule has 2 heterocycles. The fraction of sp³-hybridized carbons (Fsp3) is 0.500. The number of nitrogens with one attached hydrogen (secondary N) is 1. The predicted octanol–water partition coefficient (Wildman–Crippen LogP) is 1.02. The molecule has 0 aliphatic carbocycles. The molecule has 1 aliphatic rings. The van der Waals surface area contributed by atoms with Gasteiger partial charge in [0.05, 0.1) is 5.69 Å². The van der Waals surface area contributed by atoms with Crippen LogP contribution in [0.4, 0.5) is 5.69 Å². The maximum absolute atomic E-state index is 4.59. The zero-order chi connectivity index (χ0) is 13.3. The zero-order valence-corrected chi connectivity index (χ0v) is 11.5. The molecule has 18 heavy (non-hydrogen) atoms. The van der Waals surface area contributed by atoms with E-state index in [1.165, 1.54) is 0 Å². The summed E-state index contributed by atoms with van der Waals surface area (Å²) in [5.74, 6) is 1.80. The number of rotatable bonds is 1. The van der Waals surface area contributed by atoms with Crippen molar-refractivity contribution in [3.05, 3.63) is 18.5 Å². The number of hydrogen-bond donors (Lipinski definition) is 1. The minimum Gasteiger partial charge on any atom is -0.366 e. The highest BCUT2D eigenvalue weighted by Gasteiger charge is 2.24. The molecule has 0 bridgehead atoms. The first-order valence-electron chi connectivity index (χ1n) is 5.94. The van der Waals surface area contributed by atoms with Gasteiger partial charge in [0.2, 0.25) is 11.9 Å². The standard InChI is InChI=1S/C12H20N6/c1-9-14-11(16(2)3)18(5)12(15-9)17(4)10-6-7-13-8-10/h6-9,13H,1-5H3. The fourth-order valence-electron chi connectivity index (χ4n) is 1.99. The monoisotopic (exact) mass is 248 g/mol. The second-order valence-electron chi connectivity index (χ2n) is 4.57. The molecule has 0 radical (unpaired) electrons. The number of hydrogen-bond acceptors (Lipinski definition) is 5. The van der Waals surface area contributed by atoms with Crippen molar-refractivity contribution in [3.8, 4) is 0 Å². The van der Waals surface area contributed by atoms with Crippen LogP contribution in [0, 0.1) is 0 Å². The molecule has 2 rings (SSSR count). The van der Waals surface area contributed by atoms with E-state index >= 15 is 0 Å². The second-order valence-corrected chi connectivity index (χ2v) is 4.57. The quantitative estimate of drug-likeness (QED) is 0.807. The zero-order valence-electron chi connectivity index (χ0n) is 11.5. The summed E-state index contributed by atoms with van der Waals surface area (Å²) in [6, 6.07) is 2.02. The van der Waals surface area contributed by atoms with Gasteiger partial charge >= 0.3 is 0 Å². The van der Waals surface area contributed by atoms with Crippen LogP contribution in [0.25, 0.3) is 0 Å². The summed E-state index contributed by atoms with van der Waals surface area (Å²) >= 11 is 0. The lowest BCUT2D eigenvalue weighted by atomic mass is 10.4. The molecule has 1 aromatic heterocycles.